The van der Waals surface area contributed by atoms with Crippen molar-refractivity contribution >= 4 is 0 Å². The van der Waals surface area contributed by atoms with Crippen LogP contribution >= 0.6 is 0 Å². The van der Waals surface area contributed by atoms with Crippen LogP contribution in [0.15, 0.2) is 36.1 Å². The van der Waals surface area contributed by atoms with E-state index in [9.17, 15) is 0 Å². The lowest BCUT2D eigenvalue weighted by Gasteiger charge is -2.34. The van der Waals surface area contributed by atoms with Crippen LogP contribution in [0.1, 0.15) is 6.92 Å². The van der Waals surface area contributed by atoms with E-state index in [4.69, 9.17) is 0 Å². The minimum atomic E-state index is 0.551. The summed E-state index contributed by atoms with van der Waals surface area (Å²) in [6.45, 7) is 6.89. The first-order valence-electron chi connectivity index (χ1n) is 5.76. The predicted octanol–water partition coefficient (Wildman–Crippen LogP) is 1.88. The summed E-state index contributed by atoms with van der Waals surface area (Å²) in [5.41, 5.74) is 1.39. The molecule has 1 fully saturated rings. The highest BCUT2D eigenvalue weighted by Crippen LogP contribution is 2.16. The summed E-state index contributed by atoms with van der Waals surface area (Å²) in [6.07, 6.45) is 11.1. The Labute approximate surface area is 92.6 Å². The molecule has 0 aromatic carbocycles. The lowest BCUT2D eigenvalue weighted by Crippen LogP contribution is -2.43. The zero-order valence-corrected chi connectivity index (χ0v) is 9.69. The molecular formula is C13H20N2. The highest BCUT2D eigenvalue weighted by Gasteiger charge is 2.15. The van der Waals surface area contributed by atoms with Gasteiger partial charge in [0, 0.05) is 31.9 Å². The molecule has 0 amide bonds. The number of rotatable bonds is 1. The number of hydrogen-bond acceptors (Lipinski definition) is 2. The second-order valence-electron chi connectivity index (χ2n) is 4.48. The van der Waals surface area contributed by atoms with Gasteiger partial charge in [-0.1, -0.05) is 31.2 Å². The van der Waals surface area contributed by atoms with Crippen molar-refractivity contribution in [3.63, 3.8) is 0 Å². The van der Waals surface area contributed by atoms with Gasteiger partial charge >= 0.3 is 0 Å². The Morgan fingerprint density at radius 1 is 1.13 bits per heavy atom. The third-order valence-corrected chi connectivity index (χ3v) is 3.09. The van der Waals surface area contributed by atoms with Crippen LogP contribution in [0.4, 0.5) is 0 Å². The fourth-order valence-electron chi connectivity index (χ4n) is 2.05. The van der Waals surface area contributed by atoms with Gasteiger partial charge in [-0.3, -0.25) is 0 Å². The van der Waals surface area contributed by atoms with Crippen molar-refractivity contribution in [1.29, 1.82) is 0 Å². The van der Waals surface area contributed by atoms with Gasteiger partial charge < -0.3 is 9.80 Å². The molecule has 82 valence electrons. The summed E-state index contributed by atoms with van der Waals surface area (Å²) in [7, 11) is 2.19. The summed E-state index contributed by atoms with van der Waals surface area (Å²) >= 11 is 0. The number of hydrogen-bond donors (Lipinski definition) is 0. The Bertz CT molecular complexity index is 294. The van der Waals surface area contributed by atoms with Gasteiger partial charge in [0.1, 0.15) is 0 Å². The van der Waals surface area contributed by atoms with Crippen LogP contribution in [0.3, 0.4) is 0 Å². The van der Waals surface area contributed by atoms with Crippen molar-refractivity contribution in [2.45, 2.75) is 6.92 Å². The largest absolute Gasteiger partial charge is 0.369 e. The van der Waals surface area contributed by atoms with E-state index in [2.05, 4.69) is 54.2 Å². The number of allylic oxidation sites excluding steroid dienone is 5. The highest BCUT2D eigenvalue weighted by molar-refractivity contribution is 5.27. The molecule has 0 radical (unpaired) electrons. The van der Waals surface area contributed by atoms with Crippen molar-refractivity contribution < 1.29 is 0 Å². The number of likely N-dealkylation sites (N-methyl/N-ethyl adjacent to an activating group) is 1. The zero-order chi connectivity index (χ0) is 10.7. The van der Waals surface area contributed by atoms with Crippen LogP contribution in [-0.4, -0.2) is 43.0 Å². The fraction of sp³-hybridized carbons (Fsp3) is 0.538. The molecule has 0 aromatic heterocycles. The molecule has 2 aliphatic rings. The average Bonchev–Trinajstić information content (AvgIpc) is 2.44. The SMILES string of the molecule is CC1C=CC=CC(N2CCN(C)CC2)=C1. The zero-order valence-electron chi connectivity index (χ0n) is 9.69. The second-order valence-corrected chi connectivity index (χ2v) is 4.48. The lowest BCUT2D eigenvalue weighted by atomic mass is 10.1. The van der Waals surface area contributed by atoms with Gasteiger partial charge in [-0.2, -0.15) is 0 Å². The molecular weight excluding hydrogens is 184 g/mol. The van der Waals surface area contributed by atoms with Gasteiger partial charge in [0.15, 0.2) is 0 Å². The molecule has 1 aliphatic heterocycles. The smallest absolute Gasteiger partial charge is 0.0332 e. The Hall–Kier alpha value is -1.02. The van der Waals surface area contributed by atoms with Crippen molar-refractivity contribution in [2.75, 3.05) is 33.2 Å². The van der Waals surface area contributed by atoms with Crippen molar-refractivity contribution in [1.82, 2.24) is 9.80 Å². The summed E-state index contributed by atoms with van der Waals surface area (Å²) in [4.78, 5) is 4.87. The van der Waals surface area contributed by atoms with Crippen LogP contribution in [0, 0.1) is 5.92 Å². The van der Waals surface area contributed by atoms with E-state index in [1.54, 1.807) is 0 Å². The van der Waals surface area contributed by atoms with E-state index >= 15 is 0 Å². The molecule has 0 bridgehead atoms. The van der Waals surface area contributed by atoms with Crippen molar-refractivity contribution in [2.24, 2.45) is 5.92 Å². The van der Waals surface area contributed by atoms with E-state index in [1.807, 2.05) is 0 Å². The van der Waals surface area contributed by atoms with Crippen LogP contribution < -0.4 is 0 Å². The van der Waals surface area contributed by atoms with Crippen molar-refractivity contribution in [3.8, 4) is 0 Å². The van der Waals surface area contributed by atoms with Gasteiger partial charge in [0.05, 0.1) is 0 Å². The molecule has 0 saturated carbocycles. The van der Waals surface area contributed by atoms with Crippen LogP contribution in [-0.2, 0) is 0 Å². The van der Waals surface area contributed by atoms with Gasteiger partial charge in [0.2, 0.25) is 0 Å². The van der Waals surface area contributed by atoms with Gasteiger partial charge in [-0.25, -0.2) is 0 Å². The summed E-state index contributed by atoms with van der Waals surface area (Å²) in [5, 5.41) is 0. The van der Waals surface area contributed by atoms with Gasteiger partial charge in [0.25, 0.3) is 0 Å². The van der Waals surface area contributed by atoms with E-state index in [1.165, 1.54) is 18.8 Å². The topological polar surface area (TPSA) is 6.48 Å². The third kappa shape index (κ3) is 2.72. The summed E-state index contributed by atoms with van der Waals surface area (Å²) in [5.74, 6) is 0.551. The third-order valence-electron chi connectivity index (χ3n) is 3.09. The maximum Gasteiger partial charge on any atom is 0.0332 e. The number of nitrogens with zero attached hydrogens (tertiary/aromatic N) is 2. The first-order valence-corrected chi connectivity index (χ1v) is 5.76. The Morgan fingerprint density at radius 3 is 2.60 bits per heavy atom. The van der Waals surface area contributed by atoms with E-state index in [0.717, 1.165) is 13.1 Å². The van der Waals surface area contributed by atoms with E-state index < -0.39 is 0 Å². The molecule has 1 aliphatic carbocycles. The molecule has 1 saturated heterocycles. The maximum absolute atomic E-state index is 2.49. The number of piperazine rings is 1. The Morgan fingerprint density at radius 2 is 1.87 bits per heavy atom. The van der Waals surface area contributed by atoms with Gasteiger partial charge in [-0.15, -0.1) is 0 Å². The highest BCUT2D eigenvalue weighted by atomic mass is 15.2. The van der Waals surface area contributed by atoms with Gasteiger partial charge in [-0.05, 0) is 19.0 Å². The molecule has 2 nitrogen and oxygen atoms in total. The maximum atomic E-state index is 2.49. The molecule has 2 rings (SSSR count). The molecule has 0 spiro atoms. The fourth-order valence-corrected chi connectivity index (χ4v) is 2.05. The van der Waals surface area contributed by atoms with Crippen LogP contribution in [0.5, 0.6) is 0 Å². The molecule has 15 heavy (non-hydrogen) atoms. The Balaban J connectivity index is 2.04. The molecule has 0 N–H and O–H groups in total. The summed E-state index contributed by atoms with van der Waals surface area (Å²) < 4.78 is 0. The lowest BCUT2D eigenvalue weighted by molar-refractivity contribution is 0.189. The first kappa shape index (κ1) is 10.5. The summed E-state index contributed by atoms with van der Waals surface area (Å²) in [6, 6.07) is 0. The second kappa shape index (κ2) is 4.67. The predicted molar refractivity (Wildman–Crippen MR) is 64.6 cm³/mol. The Kier molecular flexibility index (Phi) is 3.27. The van der Waals surface area contributed by atoms with E-state index in [-0.39, 0.29) is 0 Å². The standard InChI is InChI=1S/C13H20N2/c1-12-5-3-4-6-13(11-12)15-9-7-14(2)8-10-15/h3-6,11-12H,7-10H2,1-2H3. The normalized spacial score (nSPS) is 27.7. The average molecular weight is 204 g/mol. The van der Waals surface area contributed by atoms with Crippen molar-refractivity contribution in [3.05, 3.63) is 36.1 Å². The minimum Gasteiger partial charge on any atom is -0.369 e. The monoisotopic (exact) mass is 204 g/mol. The molecule has 1 atom stereocenters. The minimum absolute atomic E-state index is 0.551. The van der Waals surface area contributed by atoms with E-state index in [0.29, 0.717) is 5.92 Å². The molecule has 2 heteroatoms. The molecule has 1 unspecified atom stereocenters. The quantitative estimate of drug-likeness (QED) is 0.643. The first-order chi connectivity index (χ1) is 7.25. The van der Waals surface area contributed by atoms with Crippen LogP contribution in [0.2, 0.25) is 0 Å². The molecule has 1 heterocycles. The molecule has 0 aromatic rings. The van der Waals surface area contributed by atoms with Crippen LogP contribution in [0.25, 0.3) is 0 Å².